The second kappa shape index (κ2) is 6.47. The summed E-state index contributed by atoms with van der Waals surface area (Å²) in [6, 6.07) is 3.50. The predicted molar refractivity (Wildman–Crippen MR) is 69.9 cm³/mol. The third-order valence-electron chi connectivity index (χ3n) is 2.37. The van der Waals surface area contributed by atoms with E-state index < -0.39 is 0 Å². The van der Waals surface area contributed by atoms with Gasteiger partial charge in [-0.15, -0.1) is 0 Å². The molecule has 0 aliphatic carbocycles. The van der Waals surface area contributed by atoms with Crippen molar-refractivity contribution in [3.63, 3.8) is 0 Å². The lowest BCUT2D eigenvalue weighted by molar-refractivity contribution is -0.116. The average molecular weight is 257 g/mol. The van der Waals surface area contributed by atoms with Gasteiger partial charge in [-0.25, -0.2) is 0 Å². The van der Waals surface area contributed by atoms with E-state index in [1.807, 2.05) is 14.0 Å². The van der Waals surface area contributed by atoms with Crippen LogP contribution in [0.3, 0.4) is 0 Å². The van der Waals surface area contributed by atoms with Gasteiger partial charge in [0.15, 0.2) is 0 Å². The van der Waals surface area contributed by atoms with Crippen molar-refractivity contribution in [3.8, 4) is 5.75 Å². The largest absolute Gasteiger partial charge is 0.495 e. The van der Waals surface area contributed by atoms with Crippen molar-refractivity contribution < 1.29 is 9.53 Å². The van der Waals surface area contributed by atoms with E-state index in [1.165, 1.54) is 0 Å². The number of anilines is 1. The third kappa shape index (κ3) is 3.91. The lowest BCUT2D eigenvalue weighted by Crippen LogP contribution is -2.19. The van der Waals surface area contributed by atoms with Crippen molar-refractivity contribution in [3.05, 3.63) is 22.7 Å². The standard InChI is InChI=1S/C12H17ClN2O2/c1-8-6-11(17-3)9(13)7-10(8)15-12(16)4-5-14-2/h6-7,14H,4-5H2,1-3H3,(H,15,16). The molecule has 5 heteroatoms. The molecule has 2 N–H and O–H groups in total. The van der Waals surface area contributed by atoms with Crippen LogP contribution < -0.4 is 15.4 Å². The molecule has 0 aliphatic heterocycles. The number of methoxy groups -OCH3 is 1. The number of aryl methyl sites for hydroxylation is 1. The van der Waals surface area contributed by atoms with Crippen LogP contribution in [0.25, 0.3) is 0 Å². The van der Waals surface area contributed by atoms with Crippen molar-refractivity contribution in [1.29, 1.82) is 0 Å². The van der Waals surface area contributed by atoms with E-state index in [0.29, 0.717) is 23.7 Å². The highest BCUT2D eigenvalue weighted by molar-refractivity contribution is 6.32. The van der Waals surface area contributed by atoms with Gasteiger partial charge in [-0.1, -0.05) is 11.6 Å². The highest BCUT2D eigenvalue weighted by atomic mass is 35.5. The second-order valence-electron chi connectivity index (χ2n) is 3.70. The van der Waals surface area contributed by atoms with Crippen molar-refractivity contribution in [2.75, 3.05) is 26.0 Å². The first-order valence-corrected chi connectivity index (χ1v) is 5.75. The number of halogens is 1. The van der Waals surface area contributed by atoms with Gasteiger partial charge in [-0.2, -0.15) is 0 Å². The van der Waals surface area contributed by atoms with Crippen LogP contribution in [0.15, 0.2) is 12.1 Å². The maximum Gasteiger partial charge on any atom is 0.225 e. The molecule has 0 radical (unpaired) electrons. The van der Waals surface area contributed by atoms with Gasteiger partial charge in [0.25, 0.3) is 0 Å². The molecule has 0 saturated heterocycles. The summed E-state index contributed by atoms with van der Waals surface area (Å²) in [5.41, 5.74) is 1.64. The Morgan fingerprint density at radius 2 is 2.18 bits per heavy atom. The minimum absolute atomic E-state index is 0.0383. The van der Waals surface area contributed by atoms with Gasteiger partial charge in [-0.05, 0) is 31.7 Å². The summed E-state index contributed by atoms with van der Waals surface area (Å²) >= 11 is 6.00. The van der Waals surface area contributed by atoms with Gasteiger partial charge in [0.1, 0.15) is 5.75 Å². The first-order chi connectivity index (χ1) is 8.08. The molecule has 0 bridgehead atoms. The number of ether oxygens (including phenoxy) is 1. The molecule has 0 spiro atoms. The average Bonchev–Trinajstić information content (AvgIpc) is 2.30. The molecule has 0 aromatic heterocycles. The number of hydrogen-bond acceptors (Lipinski definition) is 3. The van der Waals surface area contributed by atoms with E-state index in [2.05, 4.69) is 10.6 Å². The molecule has 1 amide bonds. The molecule has 0 atom stereocenters. The lowest BCUT2D eigenvalue weighted by atomic mass is 10.2. The van der Waals surface area contributed by atoms with Crippen molar-refractivity contribution >= 4 is 23.2 Å². The van der Waals surface area contributed by atoms with Crippen LogP contribution in [0, 0.1) is 6.92 Å². The van der Waals surface area contributed by atoms with Gasteiger partial charge in [-0.3, -0.25) is 4.79 Å². The number of carbonyl (C=O) groups excluding carboxylic acids is 1. The summed E-state index contributed by atoms with van der Waals surface area (Å²) in [5, 5.41) is 6.23. The van der Waals surface area contributed by atoms with Crippen LogP contribution in [-0.4, -0.2) is 26.6 Å². The molecular formula is C12H17ClN2O2. The number of nitrogens with one attached hydrogen (secondary N) is 2. The fourth-order valence-electron chi connectivity index (χ4n) is 1.40. The fraction of sp³-hybridized carbons (Fsp3) is 0.417. The van der Waals surface area contributed by atoms with E-state index in [0.717, 1.165) is 11.3 Å². The van der Waals surface area contributed by atoms with E-state index in [1.54, 1.807) is 19.2 Å². The molecule has 4 nitrogen and oxygen atoms in total. The number of amides is 1. The number of carbonyl (C=O) groups is 1. The van der Waals surface area contributed by atoms with Gasteiger partial charge >= 0.3 is 0 Å². The van der Waals surface area contributed by atoms with Crippen LogP contribution in [-0.2, 0) is 4.79 Å². The van der Waals surface area contributed by atoms with Gasteiger partial charge in [0.2, 0.25) is 5.91 Å². The van der Waals surface area contributed by atoms with Gasteiger partial charge in [0.05, 0.1) is 12.1 Å². The zero-order valence-electron chi connectivity index (χ0n) is 10.3. The Kier molecular flexibility index (Phi) is 5.25. The Morgan fingerprint density at radius 1 is 1.47 bits per heavy atom. The molecule has 1 aromatic carbocycles. The Balaban J connectivity index is 2.78. The highest BCUT2D eigenvalue weighted by Crippen LogP contribution is 2.30. The van der Waals surface area contributed by atoms with Gasteiger partial charge < -0.3 is 15.4 Å². The molecule has 0 fully saturated rings. The molecule has 1 rings (SSSR count). The van der Waals surface area contributed by atoms with Crippen molar-refractivity contribution in [2.45, 2.75) is 13.3 Å². The minimum Gasteiger partial charge on any atom is -0.495 e. The number of rotatable bonds is 5. The Labute approximate surface area is 106 Å². The lowest BCUT2D eigenvalue weighted by Gasteiger charge is -2.11. The second-order valence-corrected chi connectivity index (χ2v) is 4.11. The zero-order chi connectivity index (χ0) is 12.8. The topological polar surface area (TPSA) is 50.4 Å². The SMILES string of the molecule is CNCCC(=O)Nc1cc(Cl)c(OC)cc1C. The summed E-state index contributed by atoms with van der Waals surface area (Å²) < 4.78 is 5.10. The van der Waals surface area contributed by atoms with Crippen LogP contribution in [0.4, 0.5) is 5.69 Å². The molecule has 0 heterocycles. The Morgan fingerprint density at radius 3 is 2.76 bits per heavy atom. The summed E-state index contributed by atoms with van der Waals surface area (Å²) in [7, 11) is 3.37. The molecule has 0 unspecified atom stereocenters. The number of hydrogen-bond donors (Lipinski definition) is 2. The first-order valence-electron chi connectivity index (χ1n) is 5.37. The monoisotopic (exact) mass is 256 g/mol. The Bertz CT molecular complexity index is 408. The van der Waals surface area contributed by atoms with Crippen LogP contribution >= 0.6 is 11.6 Å². The maximum atomic E-state index is 11.6. The van der Waals surface area contributed by atoms with Crippen molar-refractivity contribution in [2.24, 2.45) is 0 Å². The molecule has 0 saturated carbocycles. The Hall–Kier alpha value is -1.26. The zero-order valence-corrected chi connectivity index (χ0v) is 11.0. The summed E-state index contributed by atoms with van der Waals surface area (Å²) in [6.45, 7) is 2.54. The van der Waals surface area contributed by atoms with Crippen LogP contribution in [0.1, 0.15) is 12.0 Å². The highest BCUT2D eigenvalue weighted by Gasteiger charge is 2.08. The molecule has 94 valence electrons. The normalized spacial score (nSPS) is 10.1. The molecule has 0 aliphatic rings. The summed E-state index contributed by atoms with van der Waals surface area (Å²) in [4.78, 5) is 11.6. The smallest absolute Gasteiger partial charge is 0.225 e. The fourth-order valence-corrected chi connectivity index (χ4v) is 1.64. The summed E-state index contributed by atoms with van der Waals surface area (Å²) in [5.74, 6) is 0.570. The minimum atomic E-state index is -0.0383. The molecular weight excluding hydrogens is 240 g/mol. The van der Waals surface area contributed by atoms with E-state index in [4.69, 9.17) is 16.3 Å². The maximum absolute atomic E-state index is 11.6. The summed E-state index contributed by atoms with van der Waals surface area (Å²) in [6.07, 6.45) is 0.430. The third-order valence-corrected chi connectivity index (χ3v) is 2.67. The molecule has 1 aromatic rings. The van der Waals surface area contributed by atoms with E-state index in [9.17, 15) is 4.79 Å². The quantitative estimate of drug-likeness (QED) is 0.849. The predicted octanol–water partition coefficient (Wildman–Crippen LogP) is 2.21. The van der Waals surface area contributed by atoms with Crippen LogP contribution in [0.2, 0.25) is 5.02 Å². The molecule has 17 heavy (non-hydrogen) atoms. The number of benzene rings is 1. The van der Waals surface area contributed by atoms with Crippen LogP contribution in [0.5, 0.6) is 5.75 Å². The van der Waals surface area contributed by atoms with E-state index >= 15 is 0 Å². The van der Waals surface area contributed by atoms with E-state index in [-0.39, 0.29) is 5.91 Å². The van der Waals surface area contributed by atoms with Gasteiger partial charge in [0, 0.05) is 18.7 Å². The first kappa shape index (κ1) is 13.8. The van der Waals surface area contributed by atoms with Crippen molar-refractivity contribution in [1.82, 2.24) is 5.32 Å².